The van der Waals surface area contributed by atoms with Gasteiger partial charge >= 0.3 is 0 Å². The molecular formula is C24H30N2O3. The topological polar surface area (TPSA) is 75.3 Å². The molecule has 0 unspecified atom stereocenters. The summed E-state index contributed by atoms with van der Waals surface area (Å²) in [6.07, 6.45) is 4.99. The summed E-state index contributed by atoms with van der Waals surface area (Å²) in [5, 5.41) is 18.8. The molecule has 29 heavy (non-hydrogen) atoms. The average molecular weight is 395 g/mol. The summed E-state index contributed by atoms with van der Waals surface area (Å²) in [5.74, 6) is 1.17. The first-order valence-corrected chi connectivity index (χ1v) is 10.6. The third kappa shape index (κ3) is 3.12. The Morgan fingerprint density at radius 2 is 2.17 bits per heavy atom. The molecular weight excluding hydrogens is 364 g/mol. The predicted molar refractivity (Wildman–Crippen MR) is 112 cm³/mol. The molecule has 154 valence electrons. The molecule has 2 N–H and O–H groups in total. The average Bonchev–Trinajstić information content (AvgIpc) is 3.06. The van der Waals surface area contributed by atoms with Crippen LogP contribution in [0.3, 0.4) is 0 Å². The van der Waals surface area contributed by atoms with Crippen molar-refractivity contribution in [2.24, 2.45) is 11.8 Å². The van der Waals surface area contributed by atoms with Crippen molar-refractivity contribution in [2.45, 2.75) is 58.3 Å². The van der Waals surface area contributed by atoms with E-state index in [2.05, 4.69) is 35.8 Å². The number of carbonyl (C=O) groups is 1. The molecule has 0 aliphatic heterocycles. The second-order valence-corrected chi connectivity index (χ2v) is 8.83. The Balaban J connectivity index is 1.79. The van der Waals surface area contributed by atoms with E-state index in [0.29, 0.717) is 12.0 Å². The van der Waals surface area contributed by atoms with Crippen LogP contribution >= 0.6 is 0 Å². The van der Waals surface area contributed by atoms with E-state index in [1.807, 2.05) is 13.8 Å². The van der Waals surface area contributed by atoms with Crippen LogP contribution < -0.4 is 0 Å². The SMILES string of the molecule is Cc1nc2c(n1-c1cccc(CCCO)c1)CC[C@H]1[C@H](C)C(=O)/C(=C\O)C[C@]21C. The Bertz CT molecular complexity index is 975. The van der Waals surface area contributed by atoms with Gasteiger partial charge in [-0.05, 0) is 62.6 Å². The van der Waals surface area contributed by atoms with Crippen LogP contribution in [-0.4, -0.2) is 32.2 Å². The normalized spacial score (nSPS) is 27.7. The van der Waals surface area contributed by atoms with E-state index < -0.39 is 0 Å². The second-order valence-electron chi connectivity index (χ2n) is 8.83. The number of rotatable bonds is 4. The minimum atomic E-state index is -0.250. The number of Topliss-reactive ketones (excluding diaryl/α,β-unsaturated/α-hetero) is 1. The van der Waals surface area contributed by atoms with E-state index in [9.17, 15) is 9.90 Å². The lowest BCUT2D eigenvalue weighted by Crippen LogP contribution is -2.48. The van der Waals surface area contributed by atoms with E-state index in [0.717, 1.165) is 49.2 Å². The number of fused-ring (bicyclic) bond motifs is 3. The number of hydrogen-bond donors (Lipinski definition) is 2. The number of carbonyl (C=O) groups excluding carboxylic acids is 1. The van der Waals surface area contributed by atoms with Crippen LogP contribution in [0.15, 0.2) is 36.1 Å². The maximum atomic E-state index is 12.6. The van der Waals surface area contributed by atoms with Crippen LogP contribution in [0.2, 0.25) is 0 Å². The number of imidazole rings is 1. The van der Waals surface area contributed by atoms with Crippen molar-refractivity contribution >= 4 is 5.78 Å². The van der Waals surface area contributed by atoms with E-state index in [1.165, 1.54) is 11.3 Å². The lowest BCUT2D eigenvalue weighted by molar-refractivity contribution is -0.124. The van der Waals surface area contributed by atoms with Crippen LogP contribution in [0.25, 0.3) is 5.69 Å². The van der Waals surface area contributed by atoms with E-state index in [1.54, 1.807) is 0 Å². The molecule has 1 saturated carbocycles. The fourth-order valence-corrected chi connectivity index (χ4v) is 5.61. The molecule has 3 atom stereocenters. The lowest BCUT2D eigenvalue weighted by Gasteiger charge is -2.47. The zero-order chi connectivity index (χ0) is 20.8. The van der Waals surface area contributed by atoms with Gasteiger partial charge in [-0.3, -0.25) is 4.79 Å². The van der Waals surface area contributed by atoms with Crippen LogP contribution in [0.1, 0.15) is 55.9 Å². The van der Waals surface area contributed by atoms with Crippen molar-refractivity contribution in [2.75, 3.05) is 6.61 Å². The van der Waals surface area contributed by atoms with E-state index >= 15 is 0 Å². The van der Waals surface area contributed by atoms with Crippen molar-refractivity contribution < 1.29 is 15.0 Å². The number of aromatic nitrogens is 2. The quantitative estimate of drug-likeness (QED) is 0.608. The minimum absolute atomic E-state index is 0.0752. The first-order chi connectivity index (χ1) is 13.9. The van der Waals surface area contributed by atoms with Crippen LogP contribution in [0.5, 0.6) is 0 Å². The van der Waals surface area contributed by atoms with Gasteiger partial charge in [-0.25, -0.2) is 4.98 Å². The molecule has 2 aliphatic carbocycles. The lowest BCUT2D eigenvalue weighted by atomic mass is 9.56. The highest BCUT2D eigenvalue weighted by atomic mass is 16.3. The zero-order valence-corrected chi connectivity index (χ0v) is 17.5. The van der Waals surface area contributed by atoms with Gasteiger partial charge in [0.1, 0.15) is 5.82 Å². The van der Waals surface area contributed by atoms with Crippen molar-refractivity contribution in [3.05, 3.63) is 58.9 Å². The molecule has 1 aromatic heterocycles. The highest BCUT2D eigenvalue weighted by Crippen LogP contribution is 2.52. The molecule has 0 saturated heterocycles. The fourth-order valence-electron chi connectivity index (χ4n) is 5.61. The number of allylic oxidation sites excluding steroid dienone is 1. The molecule has 0 bridgehead atoms. The van der Waals surface area contributed by atoms with Crippen LogP contribution in [0, 0.1) is 18.8 Å². The number of aliphatic hydroxyl groups is 2. The van der Waals surface area contributed by atoms with Crippen molar-refractivity contribution in [1.82, 2.24) is 9.55 Å². The molecule has 1 aromatic carbocycles. The van der Waals surface area contributed by atoms with Crippen molar-refractivity contribution in [1.29, 1.82) is 0 Å². The monoisotopic (exact) mass is 394 g/mol. The van der Waals surface area contributed by atoms with Gasteiger partial charge in [0.15, 0.2) is 5.78 Å². The summed E-state index contributed by atoms with van der Waals surface area (Å²) in [7, 11) is 0. The summed E-state index contributed by atoms with van der Waals surface area (Å²) in [4.78, 5) is 17.6. The zero-order valence-electron chi connectivity index (χ0n) is 17.5. The summed E-state index contributed by atoms with van der Waals surface area (Å²) >= 11 is 0. The number of hydrogen-bond acceptors (Lipinski definition) is 4. The van der Waals surface area contributed by atoms with Gasteiger partial charge < -0.3 is 14.8 Å². The highest BCUT2D eigenvalue weighted by Gasteiger charge is 2.52. The van der Waals surface area contributed by atoms with Crippen molar-refractivity contribution in [3.63, 3.8) is 0 Å². The Kier molecular flexibility index (Phi) is 5.11. The second kappa shape index (κ2) is 7.45. The number of aryl methyl sites for hydroxylation is 2. The number of benzene rings is 1. The van der Waals surface area contributed by atoms with Gasteiger partial charge in [0, 0.05) is 34.9 Å². The van der Waals surface area contributed by atoms with Gasteiger partial charge in [0.25, 0.3) is 0 Å². The molecule has 0 radical (unpaired) electrons. The standard InChI is InChI=1S/C24H30N2O3/c1-15-20-9-10-21-23(24(20,3)13-18(14-28)22(15)29)25-16(2)26(21)19-8-4-6-17(12-19)7-5-11-27/h4,6,8,12,14-15,20,27-28H,5,7,9-11,13H2,1-3H3/b18-14-/t15-,20-,24-/m0/s1. The van der Waals surface area contributed by atoms with Crippen LogP contribution in [-0.2, 0) is 23.1 Å². The summed E-state index contributed by atoms with van der Waals surface area (Å²) in [6, 6.07) is 8.46. The highest BCUT2D eigenvalue weighted by molar-refractivity contribution is 5.98. The molecule has 1 heterocycles. The van der Waals surface area contributed by atoms with Gasteiger partial charge in [-0.1, -0.05) is 26.0 Å². The predicted octanol–water partition coefficient (Wildman–Crippen LogP) is 3.98. The first kappa shape index (κ1) is 19.9. The summed E-state index contributed by atoms with van der Waals surface area (Å²) < 4.78 is 2.25. The van der Waals surface area contributed by atoms with Gasteiger partial charge in [-0.2, -0.15) is 0 Å². The Hall–Kier alpha value is -2.40. The molecule has 0 spiro atoms. The molecule has 5 heteroatoms. The fraction of sp³-hybridized carbons (Fsp3) is 0.500. The largest absolute Gasteiger partial charge is 0.515 e. The van der Waals surface area contributed by atoms with Crippen molar-refractivity contribution in [3.8, 4) is 5.69 Å². The third-order valence-electron chi connectivity index (χ3n) is 7.03. The molecule has 5 nitrogen and oxygen atoms in total. The Morgan fingerprint density at radius 1 is 1.38 bits per heavy atom. The summed E-state index contributed by atoms with van der Waals surface area (Å²) in [5.41, 5.74) is 4.87. The third-order valence-corrected chi connectivity index (χ3v) is 7.03. The molecule has 2 aromatic rings. The van der Waals surface area contributed by atoms with E-state index in [4.69, 9.17) is 10.1 Å². The minimum Gasteiger partial charge on any atom is -0.515 e. The number of aliphatic hydroxyl groups excluding tert-OH is 2. The van der Waals surface area contributed by atoms with E-state index in [-0.39, 0.29) is 29.6 Å². The summed E-state index contributed by atoms with van der Waals surface area (Å²) in [6.45, 7) is 6.43. The smallest absolute Gasteiger partial charge is 0.165 e. The van der Waals surface area contributed by atoms with Gasteiger partial charge in [0.05, 0.1) is 12.0 Å². The maximum Gasteiger partial charge on any atom is 0.165 e. The molecule has 2 aliphatic rings. The van der Waals surface area contributed by atoms with Gasteiger partial charge in [0.2, 0.25) is 0 Å². The molecule has 4 rings (SSSR count). The number of ketones is 1. The first-order valence-electron chi connectivity index (χ1n) is 10.6. The van der Waals surface area contributed by atoms with Gasteiger partial charge in [-0.15, -0.1) is 0 Å². The van der Waals surface area contributed by atoms with Crippen LogP contribution in [0.4, 0.5) is 0 Å². The molecule has 1 fully saturated rings. The Morgan fingerprint density at radius 3 is 2.90 bits per heavy atom. The maximum absolute atomic E-state index is 12.6. The number of nitrogens with zero attached hydrogens (tertiary/aromatic N) is 2. The molecule has 0 amide bonds. The Labute approximate surface area is 172 Å².